The number of hydrogen-bond donors (Lipinski definition) is 1. The van der Waals surface area contributed by atoms with Crippen molar-refractivity contribution < 1.29 is 4.42 Å². The van der Waals surface area contributed by atoms with Gasteiger partial charge in [0, 0.05) is 6.54 Å². The molecule has 0 spiro atoms. The SMILES string of the molecule is Cc1ccoc1C(N)c1c(Br)cnn1CCN(C)C. The molecule has 0 saturated carbocycles. The molecule has 0 aliphatic heterocycles. The minimum atomic E-state index is -0.311. The first-order valence-corrected chi connectivity index (χ1v) is 6.95. The summed E-state index contributed by atoms with van der Waals surface area (Å²) >= 11 is 3.52. The highest BCUT2D eigenvalue weighted by Crippen LogP contribution is 2.28. The monoisotopic (exact) mass is 326 g/mol. The molecule has 2 aromatic rings. The van der Waals surface area contributed by atoms with Crippen molar-refractivity contribution in [2.75, 3.05) is 20.6 Å². The summed E-state index contributed by atoms with van der Waals surface area (Å²) in [6, 6.07) is 1.61. The molecule has 0 amide bonds. The lowest BCUT2D eigenvalue weighted by Gasteiger charge is -2.16. The standard InChI is InChI=1S/C13H19BrN4O/c1-9-4-7-19-13(9)11(15)12-10(14)8-16-18(12)6-5-17(2)3/h4,7-8,11H,5-6,15H2,1-3H3. The quantitative estimate of drug-likeness (QED) is 0.914. The summed E-state index contributed by atoms with van der Waals surface area (Å²) in [7, 11) is 4.07. The van der Waals surface area contributed by atoms with Crippen LogP contribution in [-0.2, 0) is 6.54 Å². The van der Waals surface area contributed by atoms with Crippen molar-refractivity contribution in [3.8, 4) is 0 Å². The van der Waals surface area contributed by atoms with E-state index < -0.39 is 0 Å². The smallest absolute Gasteiger partial charge is 0.129 e. The minimum Gasteiger partial charge on any atom is -0.467 e. The van der Waals surface area contributed by atoms with Crippen LogP contribution >= 0.6 is 15.9 Å². The lowest BCUT2D eigenvalue weighted by atomic mass is 10.1. The van der Waals surface area contributed by atoms with E-state index in [9.17, 15) is 0 Å². The van der Waals surface area contributed by atoms with Crippen molar-refractivity contribution in [3.05, 3.63) is 40.0 Å². The van der Waals surface area contributed by atoms with Gasteiger partial charge in [0.1, 0.15) is 11.8 Å². The Morgan fingerprint density at radius 1 is 1.53 bits per heavy atom. The first-order valence-electron chi connectivity index (χ1n) is 6.16. The Morgan fingerprint density at radius 3 is 2.84 bits per heavy atom. The van der Waals surface area contributed by atoms with Gasteiger partial charge in [0.2, 0.25) is 0 Å². The maximum atomic E-state index is 6.32. The number of nitrogens with zero attached hydrogens (tertiary/aromatic N) is 3. The summed E-state index contributed by atoms with van der Waals surface area (Å²) in [4.78, 5) is 2.11. The third-order valence-corrected chi connectivity index (χ3v) is 3.68. The second-order valence-electron chi connectivity index (χ2n) is 4.85. The molecule has 0 aliphatic rings. The van der Waals surface area contributed by atoms with Gasteiger partial charge < -0.3 is 15.1 Å². The van der Waals surface area contributed by atoms with E-state index >= 15 is 0 Å². The highest BCUT2D eigenvalue weighted by atomic mass is 79.9. The Labute approximate surface area is 121 Å². The van der Waals surface area contributed by atoms with Crippen LogP contribution in [0.25, 0.3) is 0 Å². The Morgan fingerprint density at radius 2 is 2.26 bits per heavy atom. The van der Waals surface area contributed by atoms with Crippen molar-refractivity contribution >= 4 is 15.9 Å². The van der Waals surface area contributed by atoms with Gasteiger partial charge in [-0.15, -0.1) is 0 Å². The molecule has 1 atom stereocenters. The molecule has 0 aromatic carbocycles. The number of rotatable bonds is 5. The van der Waals surface area contributed by atoms with Crippen LogP contribution in [0.1, 0.15) is 23.1 Å². The predicted octanol–water partition coefficient (Wildman–Crippen LogP) is 2.16. The average Bonchev–Trinajstić information content (AvgIpc) is 2.92. The fourth-order valence-corrected chi connectivity index (χ4v) is 2.52. The maximum Gasteiger partial charge on any atom is 0.129 e. The molecule has 104 valence electrons. The number of furan rings is 1. The highest BCUT2D eigenvalue weighted by Gasteiger charge is 2.22. The van der Waals surface area contributed by atoms with Crippen LogP contribution in [0.2, 0.25) is 0 Å². The van der Waals surface area contributed by atoms with Crippen molar-refractivity contribution in [1.29, 1.82) is 0 Å². The largest absolute Gasteiger partial charge is 0.467 e. The van der Waals surface area contributed by atoms with Crippen LogP contribution in [0, 0.1) is 6.92 Å². The van der Waals surface area contributed by atoms with E-state index in [0.29, 0.717) is 0 Å². The van der Waals surface area contributed by atoms with E-state index in [2.05, 4.69) is 25.9 Å². The molecule has 0 radical (unpaired) electrons. The molecule has 6 heteroatoms. The number of aromatic nitrogens is 2. The second kappa shape index (κ2) is 5.90. The van der Waals surface area contributed by atoms with Gasteiger partial charge in [-0.25, -0.2) is 0 Å². The third kappa shape index (κ3) is 3.08. The summed E-state index contributed by atoms with van der Waals surface area (Å²) in [5, 5.41) is 4.37. The van der Waals surface area contributed by atoms with E-state index in [1.807, 2.05) is 31.8 Å². The number of hydrogen-bond acceptors (Lipinski definition) is 4. The van der Waals surface area contributed by atoms with Crippen LogP contribution in [0.3, 0.4) is 0 Å². The Hall–Kier alpha value is -1.11. The Balaban J connectivity index is 2.28. The van der Waals surface area contributed by atoms with Gasteiger partial charge in [0.05, 0.1) is 29.2 Å². The number of halogens is 1. The second-order valence-corrected chi connectivity index (χ2v) is 5.70. The van der Waals surface area contributed by atoms with E-state index in [0.717, 1.165) is 34.6 Å². The van der Waals surface area contributed by atoms with E-state index in [1.54, 1.807) is 12.5 Å². The normalized spacial score (nSPS) is 13.2. The van der Waals surface area contributed by atoms with Gasteiger partial charge in [0.15, 0.2) is 0 Å². The number of likely N-dealkylation sites (N-methyl/N-ethyl adjacent to an activating group) is 1. The molecule has 0 bridgehead atoms. The summed E-state index contributed by atoms with van der Waals surface area (Å²) in [6.45, 7) is 3.69. The van der Waals surface area contributed by atoms with Crippen LogP contribution in [-0.4, -0.2) is 35.3 Å². The van der Waals surface area contributed by atoms with Crippen molar-refractivity contribution in [1.82, 2.24) is 14.7 Å². The minimum absolute atomic E-state index is 0.311. The van der Waals surface area contributed by atoms with E-state index in [4.69, 9.17) is 10.2 Å². The Bertz CT molecular complexity index is 547. The highest BCUT2D eigenvalue weighted by molar-refractivity contribution is 9.10. The Kier molecular flexibility index (Phi) is 4.44. The van der Waals surface area contributed by atoms with Crippen molar-refractivity contribution in [3.63, 3.8) is 0 Å². The zero-order valence-electron chi connectivity index (χ0n) is 11.4. The van der Waals surface area contributed by atoms with Gasteiger partial charge >= 0.3 is 0 Å². The van der Waals surface area contributed by atoms with Crippen molar-refractivity contribution in [2.45, 2.75) is 19.5 Å². The zero-order chi connectivity index (χ0) is 14.0. The number of nitrogens with two attached hydrogens (primary N) is 1. The van der Waals surface area contributed by atoms with Gasteiger partial charge in [0.25, 0.3) is 0 Å². The summed E-state index contributed by atoms with van der Waals surface area (Å²) in [5.74, 6) is 0.785. The van der Waals surface area contributed by atoms with Gasteiger partial charge in [-0.05, 0) is 48.6 Å². The lowest BCUT2D eigenvalue weighted by Crippen LogP contribution is -2.23. The summed E-state index contributed by atoms with van der Waals surface area (Å²) in [6.07, 6.45) is 3.45. The number of aryl methyl sites for hydroxylation is 1. The topological polar surface area (TPSA) is 60.2 Å². The molecule has 2 rings (SSSR count). The molecule has 2 heterocycles. The van der Waals surface area contributed by atoms with Crippen LogP contribution in [0.4, 0.5) is 0 Å². The lowest BCUT2D eigenvalue weighted by molar-refractivity contribution is 0.365. The van der Waals surface area contributed by atoms with Crippen LogP contribution in [0.15, 0.2) is 27.4 Å². The van der Waals surface area contributed by atoms with Crippen LogP contribution in [0.5, 0.6) is 0 Å². The average molecular weight is 327 g/mol. The maximum absolute atomic E-state index is 6.32. The van der Waals surface area contributed by atoms with Crippen LogP contribution < -0.4 is 5.73 Å². The fraction of sp³-hybridized carbons (Fsp3) is 0.462. The first-order chi connectivity index (χ1) is 9.00. The molecule has 1 unspecified atom stereocenters. The molecule has 0 saturated heterocycles. The van der Waals surface area contributed by atoms with E-state index in [-0.39, 0.29) is 6.04 Å². The predicted molar refractivity (Wildman–Crippen MR) is 78.0 cm³/mol. The summed E-state index contributed by atoms with van der Waals surface area (Å²) < 4.78 is 8.33. The van der Waals surface area contributed by atoms with Gasteiger partial charge in [-0.2, -0.15) is 5.10 Å². The third-order valence-electron chi connectivity index (χ3n) is 3.07. The van der Waals surface area contributed by atoms with Crippen molar-refractivity contribution in [2.24, 2.45) is 5.73 Å². The summed E-state index contributed by atoms with van der Waals surface area (Å²) in [5.41, 5.74) is 8.32. The molecule has 2 aromatic heterocycles. The molecular formula is C13H19BrN4O. The molecule has 0 aliphatic carbocycles. The molecular weight excluding hydrogens is 308 g/mol. The van der Waals surface area contributed by atoms with Gasteiger partial charge in [-0.1, -0.05) is 0 Å². The molecule has 2 N–H and O–H groups in total. The molecule has 0 fully saturated rings. The molecule has 5 nitrogen and oxygen atoms in total. The first kappa shape index (κ1) is 14.3. The fourth-order valence-electron chi connectivity index (χ4n) is 1.98. The van der Waals surface area contributed by atoms with Gasteiger partial charge in [-0.3, -0.25) is 4.68 Å². The zero-order valence-corrected chi connectivity index (χ0v) is 13.0. The van der Waals surface area contributed by atoms with E-state index in [1.165, 1.54) is 0 Å². The molecule has 19 heavy (non-hydrogen) atoms.